The van der Waals surface area contributed by atoms with Gasteiger partial charge in [0.2, 0.25) is 11.8 Å². The maximum absolute atomic E-state index is 13.0. The highest BCUT2D eigenvalue weighted by Gasteiger charge is 2.40. The van der Waals surface area contributed by atoms with Gasteiger partial charge in [-0.1, -0.05) is 30.3 Å². The van der Waals surface area contributed by atoms with E-state index in [1.54, 1.807) is 17.0 Å². The molecule has 3 aliphatic rings. The third-order valence-corrected chi connectivity index (χ3v) is 6.99. The minimum atomic E-state index is -0.633. The van der Waals surface area contributed by atoms with Crippen LogP contribution in [-0.4, -0.2) is 71.4 Å². The lowest BCUT2D eigenvalue weighted by molar-refractivity contribution is -0.137. The van der Waals surface area contributed by atoms with Crippen LogP contribution in [0.4, 0.5) is 0 Å². The van der Waals surface area contributed by atoms with Crippen molar-refractivity contribution < 1.29 is 33.8 Å². The molecule has 10 nitrogen and oxygen atoms in total. The summed E-state index contributed by atoms with van der Waals surface area (Å²) in [5.74, 6) is -0.256. The molecule has 3 aliphatic heterocycles. The number of carboxylic acid groups (broad SMARTS) is 1. The molecule has 2 fully saturated rings. The molecule has 10 heteroatoms. The first-order chi connectivity index (χ1) is 17.9. The fraction of sp³-hybridized carbons (Fsp3) is 0.407. The van der Waals surface area contributed by atoms with Crippen LogP contribution in [0.15, 0.2) is 42.5 Å². The van der Waals surface area contributed by atoms with Crippen LogP contribution in [0.1, 0.15) is 52.9 Å². The van der Waals surface area contributed by atoms with Crippen molar-refractivity contribution in [3.8, 4) is 5.75 Å². The number of benzene rings is 2. The monoisotopic (exact) mass is 509 g/mol. The zero-order chi connectivity index (χ0) is 26.4. The third kappa shape index (κ3) is 5.98. The van der Waals surface area contributed by atoms with Crippen molar-refractivity contribution in [3.63, 3.8) is 0 Å². The van der Waals surface area contributed by atoms with E-state index in [4.69, 9.17) is 19.4 Å². The standard InChI is InChI=1S/C26H29N3O5.CH2O2/c1-17(28-11-13-33-14-12-28)19-7-5-18(6-8-19)16-34-23-4-2-3-20-21(23)15-29(26(20)32)22-9-10-24(30)27-25(22)31;2-1-3/h2-8,17,22H,9-16H2,1H3,(H,27,30,31);1H,(H,2,3). The molecule has 2 aromatic carbocycles. The first-order valence-electron chi connectivity index (χ1n) is 12.3. The summed E-state index contributed by atoms with van der Waals surface area (Å²) in [6, 6.07) is 13.6. The van der Waals surface area contributed by atoms with E-state index < -0.39 is 11.9 Å². The second-order valence-electron chi connectivity index (χ2n) is 9.14. The van der Waals surface area contributed by atoms with Gasteiger partial charge in [0, 0.05) is 36.7 Å². The van der Waals surface area contributed by atoms with E-state index >= 15 is 0 Å². The van der Waals surface area contributed by atoms with Gasteiger partial charge in [-0.05, 0) is 36.6 Å². The molecule has 196 valence electrons. The van der Waals surface area contributed by atoms with Gasteiger partial charge in [-0.15, -0.1) is 0 Å². The molecular formula is C27H31N3O7. The second-order valence-corrected chi connectivity index (χ2v) is 9.14. The third-order valence-electron chi connectivity index (χ3n) is 6.99. The molecule has 5 rings (SSSR count). The van der Waals surface area contributed by atoms with Crippen LogP contribution >= 0.6 is 0 Å². The summed E-state index contributed by atoms with van der Waals surface area (Å²) < 4.78 is 11.6. The van der Waals surface area contributed by atoms with E-state index in [1.165, 1.54) is 5.56 Å². The van der Waals surface area contributed by atoms with Crippen LogP contribution < -0.4 is 10.1 Å². The van der Waals surface area contributed by atoms with E-state index in [0.29, 0.717) is 36.9 Å². The predicted octanol–water partition coefficient (Wildman–Crippen LogP) is 2.12. The Labute approximate surface area is 215 Å². The summed E-state index contributed by atoms with van der Waals surface area (Å²) in [6.45, 7) is 6.10. The summed E-state index contributed by atoms with van der Waals surface area (Å²) in [6.07, 6.45) is 0.579. The van der Waals surface area contributed by atoms with Crippen molar-refractivity contribution in [1.82, 2.24) is 15.1 Å². The Morgan fingerprint density at radius 2 is 1.84 bits per heavy atom. The van der Waals surface area contributed by atoms with Crippen LogP contribution in [0.25, 0.3) is 0 Å². The fourth-order valence-corrected chi connectivity index (χ4v) is 4.92. The number of hydrogen-bond acceptors (Lipinski definition) is 7. The van der Waals surface area contributed by atoms with Crippen LogP contribution in [0.2, 0.25) is 0 Å². The van der Waals surface area contributed by atoms with Gasteiger partial charge in [-0.3, -0.25) is 29.4 Å². The Balaban J connectivity index is 0.00000102. The largest absolute Gasteiger partial charge is 0.489 e. The minimum absolute atomic E-state index is 0.198. The highest BCUT2D eigenvalue weighted by molar-refractivity contribution is 6.05. The van der Waals surface area contributed by atoms with E-state index in [9.17, 15) is 14.4 Å². The number of fused-ring (bicyclic) bond motifs is 1. The molecule has 2 unspecified atom stereocenters. The number of ether oxygens (including phenoxy) is 2. The number of amides is 3. The van der Waals surface area contributed by atoms with Crippen molar-refractivity contribution >= 4 is 24.2 Å². The zero-order valence-electron chi connectivity index (χ0n) is 20.7. The van der Waals surface area contributed by atoms with Crippen molar-refractivity contribution in [2.75, 3.05) is 26.3 Å². The molecular weight excluding hydrogens is 478 g/mol. The van der Waals surface area contributed by atoms with E-state index in [2.05, 4.69) is 41.4 Å². The van der Waals surface area contributed by atoms with Crippen LogP contribution in [0.5, 0.6) is 5.75 Å². The molecule has 0 aromatic heterocycles. The van der Waals surface area contributed by atoms with Crippen LogP contribution in [0, 0.1) is 0 Å². The summed E-state index contributed by atoms with van der Waals surface area (Å²) >= 11 is 0. The number of imide groups is 1. The quantitative estimate of drug-likeness (QED) is 0.448. The van der Waals surface area contributed by atoms with E-state index in [-0.39, 0.29) is 24.7 Å². The molecule has 2 atom stereocenters. The van der Waals surface area contributed by atoms with Gasteiger partial charge < -0.3 is 19.5 Å². The average Bonchev–Trinajstić information content (AvgIpc) is 3.25. The summed E-state index contributed by atoms with van der Waals surface area (Å²) in [5, 5.41) is 9.22. The molecule has 0 bridgehead atoms. The molecule has 0 radical (unpaired) electrons. The zero-order valence-corrected chi connectivity index (χ0v) is 20.7. The van der Waals surface area contributed by atoms with Gasteiger partial charge in [0.25, 0.3) is 12.4 Å². The number of hydrogen-bond donors (Lipinski definition) is 2. The normalized spacial score (nSPS) is 20.4. The highest BCUT2D eigenvalue weighted by Crippen LogP contribution is 2.34. The Hall–Kier alpha value is -3.76. The summed E-state index contributed by atoms with van der Waals surface area (Å²) in [4.78, 5) is 49.1. The molecule has 37 heavy (non-hydrogen) atoms. The van der Waals surface area contributed by atoms with Gasteiger partial charge in [-0.2, -0.15) is 0 Å². The lowest BCUT2D eigenvalue weighted by Crippen LogP contribution is -2.52. The van der Waals surface area contributed by atoms with Gasteiger partial charge in [-0.25, -0.2) is 0 Å². The number of carbonyl (C=O) groups is 4. The number of nitrogens with zero attached hydrogens (tertiary/aromatic N) is 2. The highest BCUT2D eigenvalue weighted by atomic mass is 16.5. The first-order valence-corrected chi connectivity index (χ1v) is 12.3. The van der Waals surface area contributed by atoms with Crippen molar-refractivity contribution in [2.24, 2.45) is 0 Å². The number of morpholine rings is 1. The minimum Gasteiger partial charge on any atom is -0.489 e. The summed E-state index contributed by atoms with van der Waals surface area (Å²) in [5.41, 5.74) is 3.64. The molecule has 3 heterocycles. The number of piperidine rings is 1. The van der Waals surface area contributed by atoms with Gasteiger partial charge in [0.15, 0.2) is 0 Å². The van der Waals surface area contributed by atoms with E-state index in [0.717, 1.165) is 37.4 Å². The molecule has 2 aromatic rings. The molecule has 3 amide bonds. The van der Waals surface area contributed by atoms with Gasteiger partial charge in [0.05, 0.1) is 19.8 Å². The molecule has 0 spiro atoms. The maximum Gasteiger partial charge on any atom is 0.290 e. The topological polar surface area (TPSA) is 125 Å². The predicted molar refractivity (Wildman–Crippen MR) is 133 cm³/mol. The molecule has 0 aliphatic carbocycles. The SMILES string of the molecule is CC(c1ccc(COc2cccc3c2CN(C2CCC(=O)NC2=O)C3=O)cc1)N1CCOCC1.O=CO. The Morgan fingerprint density at radius 3 is 2.51 bits per heavy atom. The van der Waals surface area contributed by atoms with Crippen molar-refractivity contribution in [2.45, 2.75) is 45.0 Å². The lowest BCUT2D eigenvalue weighted by atomic mass is 10.0. The number of carbonyl (C=O) groups excluding carboxylic acids is 3. The van der Waals surface area contributed by atoms with Gasteiger partial charge >= 0.3 is 0 Å². The Kier molecular flexibility index (Phi) is 8.52. The fourth-order valence-electron chi connectivity index (χ4n) is 4.92. The molecule has 0 saturated carbocycles. The lowest BCUT2D eigenvalue weighted by Gasteiger charge is -2.32. The smallest absolute Gasteiger partial charge is 0.290 e. The Bertz CT molecular complexity index is 1150. The number of rotatable bonds is 6. The molecule has 2 saturated heterocycles. The van der Waals surface area contributed by atoms with Crippen molar-refractivity contribution in [3.05, 3.63) is 64.7 Å². The molecule has 2 N–H and O–H groups in total. The van der Waals surface area contributed by atoms with E-state index in [1.807, 2.05) is 6.07 Å². The number of nitrogens with one attached hydrogen (secondary N) is 1. The van der Waals surface area contributed by atoms with Crippen molar-refractivity contribution in [1.29, 1.82) is 0 Å². The van der Waals surface area contributed by atoms with Crippen LogP contribution in [0.3, 0.4) is 0 Å². The first kappa shape index (κ1) is 26.3. The average molecular weight is 510 g/mol. The van der Waals surface area contributed by atoms with Crippen LogP contribution in [-0.2, 0) is 32.3 Å². The second kappa shape index (κ2) is 12.0. The van der Waals surface area contributed by atoms with Gasteiger partial charge in [0.1, 0.15) is 18.4 Å². The Morgan fingerprint density at radius 1 is 1.14 bits per heavy atom. The maximum atomic E-state index is 13.0. The summed E-state index contributed by atoms with van der Waals surface area (Å²) in [7, 11) is 0.